The van der Waals surface area contributed by atoms with Gasteiger partial charge < -0.3 is 14.9 Å². The lowest BCUT2D eigenvalue weighted by Crippen LogP contribution is -2.29. The molecule has 0 saturated carbocycles. The number of phenols is 1. The average molecular weight is 457 g/mol. The summed E-state index contributed by atoms with van der Waals surface area (Å²) in [5.41, 5.74) is 0.733. The van der Waals surface area contributed by atoms with E-state index in [2.05, 4.69) is 4.98 Å². The number of aliphatic hydroxyl groups excluding tert-OH is 1. The zero-order valence-corrected chi connectivity index (χ0v) is 17.9. The highest BCUT2D eigenvalue weighted by Gasteiger charge is 2.48. The number of hydrogen-bond donors (Lipinski definition) is 2. The second kappa shape index (κ2) is 8.41. The number of aromatic nitrogens is 1. The molecule has 1 saturated heterocycles. The Balaban J connectivity index is 1.94. The van der Waals surface area contributed by atoms with Gasteiger partial charge in [-0.25, -0.2) is 4.98 Å². The SMILES string of the molecule is CCOc1cc([C@@H]2C(=C(O)c3ccc(Cl)cc3)C(=O)C(=O)N2c2nccs2)ccc1O. The van der Waals surface area contributed by atoms with E-state index in [1.54, 1.807) is 48.7 Å². The lowest BCUT2D eigenvalue weighted by atomic mass is 9.95. The van der Waals surface area contributed by atoms with E-state index in [0.717, 1.165) is 0 Å². The molecule has 0 aliphatic carbocycles. The van der Waals surface area contributed by atoms with E-state index in [1.807, 2.05) is 0 Å². The first-order valence-corrected chi connectivity index (χ1v) is 10.6. The van der Waals surface area contributed by atoms with Crippen LogP contribution in [0.15, 0.2) is 59.6 Å². The lowest BCUT2D eigenvalue weighted by molar-refractivity contribution is -0.132. The number of halogens is 1. The lowest BCUT2D eigenvalue weighted by Gasteiger charge is -2.23. The molecule has 7 nitrogen and oxygen atoms in total. The van der Waals surface area contributed by atoms with Crippen LogP contribution in [-0.4, -0.2) is 33.5 Å². The third kappa shape index (κ3) is 3.75. The van der Waals surface area contributed by atoms with E-state index in [1.165, 1.54) is 28.5 Å². The third-order valence-corrected chi connectivity index (χ3v) is 5.81. The Bertz CT molecular complexity index is 1180. The predicted molar refractivity (Wildman–Crippen MR) is 118 cm³/mol. The van der Waals surface area contributed by atoms with Gasteiger partial charge in [-0.15, -0.1) is 11.3 Å². The van der Waals surface area contributed by atoms with Crippen LogP contribution >= 0.6 is 22.9 Å². The van der Waals surface area contributed by atoms with E-state index in [-0.39, 0.29) is 22.8 Å². The van der Waals surface area contributed by atoms with Gasteiger partial charge in [0.25, 0.3) is 5.78 Å². The molecule has 2 aromatic carbocycles. The molecule has 2 heterocycles. The van der Waals surface area contributed by atoms with Gasteiger partial charge in [-0.2, -0.15) is 0 Å². The summed E-state index contributed by atoms with van der Waals surface area (Å²) >= 11 is 7.13. The summed E-state index contributed by atoms with van der Waals surface area (Å²) in [5, 5.41) is 23.6. The Kier molecular flexibility index (Phi) is 5.67. The summed E-state index contributed by atoms with van der Waals surface area (Å²) in [6.45, 7) is 2.09. The minimum absolute atomic E-state index is 0.0745. The van der Waals surface area contributed by atoms with Crippen molar-refractivity contribution >= 4 is 45.5 Å². The molecular weight excluding hydrogens is 440 g/mol. The van der Waals surface area contributed by atoms with E-state index in [0.29, 0.717) is 27.9 Å². The topological polar surface area (TPSA) is 100.0 Å². The van der Waals surface area contributed by atoms with E-state index in [4.69, 9.17) is 16.3 Å². The Labute approximate surface area is 186 Å². The van der Waals surface area contributed by atoms with Crippen LogP contribution in [-0.2, 0) is 9.59 Å². The highest BCUT2D eigenvalue weighted by atomic mass is 35.5. The largest absolute Gasteiger partial charge is 0.507 e. The Hall–Kier alpha value is -3.36. The number of thiazole rings is 1. The van der Waals surface area contributed by atoms with Crippen molar-refractivity contribution in [3.05, 3.63) is 75.8 Å². The molecule has 1 aromatic heterocycles. The fraction of sp³-hybridized carbons (Fsp3) is 0.136. The maximum Gasteiger partial charge on any atom is 0.301 e. The number of ether oxygens (including phenoxy) is 1. The first-order chi connectivity index (χ1) is 14.9. The number of carbonyl (C=O) groups is 2. The summed E-state index contributed by atoms with van der Waals surface area (Å²) in [6, 6.07) is 9.87. The van der Waals surface area contributed by atoms with Gasteiger partial charge in [0, 0.05) is 22.2 Å². The average Bonchev–Trinajstić information content (AvgIpc) is 3.37. The van der Waals surface area contributed by atoms with Gasteiger partial charge in [0.05, 0.1) is 18.2 Å². The van der Waals surface area contributed by atoms with Crippen molar-refractivity contribution in [3.8, 4) is 11.5 Å². The molecule has 31 heavy (non-hydrogen) atoms. The van der Waals surface area contributed by atoms with Gasteiger partial charge in [-0.05, 0) is 48.9 Å². The number of benzene rings is 2. The molecule has 1 amide bonds. The minimum Gasteiger partial charge on any atom is -0.507 e. The quantitative estimate of drug-likeness (QED) is 0.332. The number of anilines is 1. The van der Waals surface area contributed by atoms with Crippen LogP contribution in [0.3, 0.4) is 0 Å². The van der Waals surface area contributed by atoms with Crippen molar-refractivity contribution in [2.24, 2.45) is 0 Å². The normalized spacial score (nSPS) is 17.9. The molecule has 158 valence electrons. The van der Waals surface area contributed by atoms with Crippen molar-refractivity contribution in [1.29, 1.82) is 0 Å². The molecule has 0 unspecified atom stereocenters. The standard InChI is InChI=1S/C22H17ClN2O5S/c1-2-30-16-11-13(5-8-15(16)26)18-17(19(27)12-3-6-14(23)7-4-12)20(28)21(29)25(18)22-24-9-10-31-22/h3-11,18,26-27H,2H2,1H3/t18-/m1/s1. The molecule has 1 atom stereocenters. The van der Waals surface area contributed by atoms with Gasteiger partial charge >= 0.3 is 5.91 Å². The van der Waals surface area contributed by atoms with Crippen LogP contribution in [0.1, 0.15) is 24.1 Å². The molecule has 0 bridgehead atoms. The smallest absolute Gasteiger partial charge is 0.301 e. The summed E-state index contributed by atoms with van der Waals surface area (Å²) in [6.07, 6.45) is 1.53. The van der Waals surface area contributed by atoms with Crippen molar-refractivity contribution in [2.75, 3.05) is 11.5 Å². The highest BCUT2D eigenvalue weighted by molar-refractivity contribution is 7.14. The summed E-state index contributed by atoms with van der Waals surface area (Å²) < 4.78 is 5.47. The fourth-order valence-electron chi connectivity index (χ4n) is 3.42. The van der Waals surface area contributed by atoms with Crippen molar-refractivity contribution in [2.45, 2.75) is 13.0 Å². The molecule has 1 fully saturated rings. The number of aliphatic hydroxyl groups is 1. The highest BCUT2D eigenvalue weighted by Crippen LogP contribution is 2.44. The molecule has 4 rings (SSSR count). The number of amides is 1. The van der Waals surface area contributed by atoms with Gasteiger partial charge in [0.15, 0.2) is 16.6 Å². The fourth-order valence-corrected chi connectivity index (χ4v) is 4.21. The molecule has 1 aliphatic rings. The first-order valence-electron chi connectivity index (χ1n) is 9.34. The number of aromatic hydroxyl groups is 1. The minimum atomic E-state index is -0.957. The Morgan fingerprint density at radius 1 is 1.23 bits per heavy atom. The van der Waals surface area contributed by atoms with Crippen molar-refractivity contribution in [3.63, 3.8) is 0 Å². The number of rotatable bonds is 5. The third-order valence-electron chi connectivity index (χ3n) is 4.79. The van der Waals surface area contributed by atoms with Gasteiger partial charge in [0.2, 0.25) is 0 Å². The second-order valence-electron chi connectivity index (χ2n) is 6.65. The van der Waals surface area contributed by atoms with Crippen molar-refractivity contribution < 1.29 is 24.5 Å². The number of ketones is 1. The number of phenolic OH excluding ortho intramolecular Hbond substituents is 1. The zero-order chi connectivity index (χ0) is 22.1. The van der Waals surface area contributed by atoms with Gasteiger partial charge in [0.1, 0.15) is 5.76 Å². The monoisotopic (exact) mass is 456 g/mol. The van der Waals surface area contributed by atoms with Crippen LogP contribution < -0.4 is 9.64 Å². The van der Waals surface area contributed by atoms with E-state index < -0.39 is 17.7 Å². The molecule has 1 aliphatic heterocycles. The number of nitrogens with zero attached hydrogens (tertiary/aromatic N) is 2. The molecule has 0 radical (unpaired) electrons. The number of carbonyl (C=O) groups excluding carboxylic acids is 2. The van der Waals surface area contributed by atoms with Crippen LogP contribution in [0.5, 0.6) is 11.5 Å². The van der Waals surface area contributed by atoms with E-state index >= 15 is 0 Å². The summed E-state index contributed by atoms with van der Waals surface area (Å²) in [4.78, 5) is 31.4. The first kappa shape index (κ1) is 20.9. The second-order valence-corrected chi connectivity index (χ2v) is 7.96. The van der Waals surface area contributed by atoms with Crippen LogP contribution in [0.25, 0.3) is 5.76 Å². The molecular formula is C22H17ClN2O5S. The van der Waals surface area contributed by atoms with E-state index in [9.17, 15) is 19.8 Å². The zero-order valence-electron chi connectivity index (χ0n) is 16.3. The maximum absolute atomic E-state index is 13.0. The molecule has 0 spiro atoms. The summed E-state index contributed by atoms with van der Waals surface area (Å²) in [5.74, 6) is -1.84. The number of Topliss-reactive ketones (excluding diaryl/α,β-unsaturated/α-hetero) is 1. The van der Waals surface area contributed by atoms with Crippen molar-refractivity contribution in [1.82, 2.24) is 4.98 Å². The summed E-state index contributed by atoms with van der Waals surface area (Å²) in [7, 11) is 0. The Morgan fingerprint density at radius 2 is 1.97 bits per heavy atom. The number of hydrogen-bond acceptors (Lipinski definition) is 7. The predicted octanol–water partition coefficient (Wildman–Crippen LogP) is 4.53. The van der Waals surface area contributed by atoms with Crippen LogP contribution in [0.2, 0.25) is 5.02 Å². The Morgan fingerprint density at radius 3 is 2.61 bits per heavy atom. The molecule has 2 N–H and O–H groups in total. The van der Waals surface area contributed by atoms with Crippen LogP contribution in [0.4, 0.5) is 5.13 Å². The van der Waals surface area contributed by atoms with Crippen LogP contribution in [0, 0.1) is 0 Å². The molecule has 3 aromatic rings. The molecule has 9 heteroatoms. The van der Waals surface area contributed by atoms with Gasteiger partial charge in [-0.3, -0.25) is 14.5 Å². The maximum atomic E-state index is 13.0. The van der Waals surface area contributed by atoms with Gasteiger partial charge in [-0.1, -0.05) is 17.7 Å².